The first kappa shape index (κ1) is 14.8. The van der Waals surface area contributed by atoms with Crippen molar-refractivity contribution in [3.05, 3.63) is 52.9 Å². The van der Waals surface area contributed by atoms with Gasteiger partial charge in [-0.2, -0.15) is 0 Å². The van der Waals surface area contributed by atoms with Crippen molar-refractivity contribution < 1.29 is 9.63 Å². The van der Waals surface area contributed by atoms with E-state index in [4.69, 9.17) is 4.52 Å². The molecule has 0 aliphatic rings. The van der Waals surface area contributed by atoms with Crippen molar-refractivity contribution in [3.63, 3.8) is 0 Å². The van der Waals surface area contributed by atoms with E-state index >= 15 is 0 Å². The van der Waals surface area contributed by atoms with E-state index in [2.05, 4.69) is 10.5 Å². The molecule has 2 unspecified atom stereocenters. The van der Waals surface area contributed by atoms with Crippen molar-refractivity contribution in [1.82, 2.24) is 10.5 Å². The molecule has 2 atom stereocenters. The fourth-order valence-electron chi connectivity index (χ4n) is 2.46. The SMILES string of the molecule is Cc1noc(C)c1C(C)NCC(C)(O)c1ccccc1. The molecule has 0 aliphatic heterocycles. The smallest absolute Gasteiger partial charge is 0.138 e. The van der Waals surface area contributed by atoms with Crippen molar-refractivity contribution in [1.29, 1.82) is 0 Å². The number of hydrogen-bond acceptors (Lipinski definition) is 4. The summed E-state index contributed by atoms with van der Waals surface area (Å²) in [5.41, 5.74) is 1.95. The first-order valence-electron chi connectivity index (χ1n) is 6.86. The topological polar surface area (TPSA) is 58.3 Å². The van der Waals surface area contributed by atoms with Crippen LogP contribution in [0.2, 0.25) is 0 Å². The van der Waals surface area contributed by atoms with E-state index in [-0.39, 0.29) is 6.04 Å². The molecular weight excluding hydrogens is 252 g/mol. The standard InChI is InChI=1S/C16H22N2O2/c1-11(15-12(2)18-20-13(15)3)17-10-16(4,19)14-8-6-5-7-9-14/h5-9,11,17,19H,10H2,1-4H3. The zero-order valence-corrected chi connectivity index (χ0v) is 12.5. The Labute approximate surface area is 119 Å². The third-order valence-electron chi connectivity index (χ3n) is 3.67. The van der Waals surface area contributed by atoms with Gasteiger partial charge in [-0.3, -0.25) is 0 Å². The molecule has 2 rings (SSSR count). The fraction of sp³-hybridized carbons (Fsp3) is 0.438. The number of nitrogens with one attached hydrogen (secondary N) is 1. The molecule has 0 bridgehead atoms. The van der Waals surface area contributed by atoms with Gasteiger partial charge in [-0.15, -0.1) is 0 Å². The monoisotopic (exact) mass is 274 g/mol. The highest BCUT2D eigenvalue weighted by molar-refractivity contribution is 5.25. The normalized spacial score (nSPS) is 15.8. The number of aromatic nitrogens is 1. The van der Waals surface area contributed by atoms with Crippen LogP contribution in [0.3, 0.4) is 0 Å². The molecule has 1 aromatic heterocycles. The average molecular weight is 274 g/mol. The number of rotatable bonds is 5. The quantitative estimate of drug-likeness (QED) is 0.880. The van der Waals surface area contributed by atoms with E-state index in [1.165, 1.54) is 0 Å². The second-order valence-corrected chi connectivity index (χ2v) is 5.48. The molecule has 4 nitrogen and oxygen atoms in total. The van der Waals surface area contributed by atoms with Gasteiger partial charge in [0.15, 0.2) is 0 Å². The Morgan fingerprint density at radius 2 is 1.95 bits per heavy atom. The van der Waals surface area contributed by atoms with Crippen molar-refractivity contribution in [3.8, 4) is 0 Å². The van der Waals surface area contributed by atoms with Gasteiger partial charge in [0.1, 0.15) is 5.76 Å². The lowest BCUT2D eigenvalue weighted by molar-refractivity contribution is 0.0543. The lowest BCUT2D eigenvalue weighted by atomic mass is 9.95. The molecule has 0 saturated carbocycles. The Morgan fingerprint density at radius 1 is 1.30 bits per heavy atom. The van der Waals surface area contributed by atoms with Gasteiger partial charge in [0.2, 0.25) is 0 Å². The molecule has 108 valence electrons. The average Bonchev–Trinajstić information content (AvgIpc) is 2.77. The second kappa shape index (κ2) is 5.77. The van der Waals surface area contributed by atoms with E-state index in [1.54, 1.807) is 0 Å². The molecule has 1 heterocycles. The predicted molar refractivity (Wildman–Crippen MR) is 78.4 cm³/mol. The summed E-state index contributed by atoms with van der Waals surface area (Å²) in [5.74, 6) is 0.821. The maximum atomic E-state index is 10.6. The highest BCUT2D eigenvalue weighted by Crippen LogP contribution is 2.24. The third kappa shape index (κ3) is 3.08. The summed E-state index contributed by atoms with van der Waals surface area (Å²) >= 11 is 0. The van der Waals surface area contributed by atoms with Gasteiger partial charge in [0.25, 0.3) is 0 Å². The molecule has 4 heteroatoms. The Kier molecular flexibility index (Phi) is 4.26. The number of hydrogen-bond donors (Lipinski definition) is 2. The van der Waals surface area contributed by atoms with Crippen LogP contribution in [0.15, 0.2) is 34.9 Å². The van der Waals surface area contributed by atoms with Crippen LogP contribution < -0.4 is 5.32 Å². The minimum Gasteiger partial charge on any atom is -0.384 e. The van der Waals surface area contributed by atoms with Gasteiger partial charge in [-0.25, -0.2) is 0 Å². The van der Waals surface area contributed by atoms with E-state index < -0.39 is 5.60 Å². The highest BCUT2D eigenvalue weighted by atomic mass is 16.5. The maximum Gasteiger partial charge on any atom is 0.138 e. The van der Waals surface area contributed by atoms with Gasteiger partial charge >= 0.3 is 0 Å². The molecule has 0 amide bonds. The fourth-order valence-corrected chi connectivity index (χ4v) is 2.46. The highest BCUT2D eigenvalue weighted by Gasteiger charge is 2.25. The minimum atomic E-state index is -0.908. The number of aryl methyl sites for hydroxylation is 2. The molecule has 0 aliphatic carbocycles. The van der Waals surface area contributed by atoms with Crippen LogP contribution in [0.5, 0.6) is 0 Å². The maximum absolute atomic E-state index is 10.6. The molecule has 0 fully saturated rings. The molecule has 0 radical (unpaired) electrons. The van der Waals surface area contributed by atoms with Crippen molar-refractivity contribution in [2.24, 2.45) is 0 Å². The molecule has 0 spiro atoms. The summed E-state index contributed by atoms with van der Waals surface area (Å²) < 4.78 is 5.18. The summed E-state index contributed by atoms with van der Waals surface area (Å²) in [6, 6.07) is 9.75. The Hall–Kier alpha value is -1.65. The van der Waals surface area contributed by atoms with Crippen LogP contribution in [0.4, 0.5) is 0 Å². The van der Waals surface area contributed by atoms with E-state index in [0.29, 0.717) is 6.54 Å². The zero-order chi connectivity index (χ0) is 14.8. The largest absolute Gasteiger partial charge is 0.384 e. The Morgan fingerprint density at radius 3 is 2.50 bits per heavy atom. The number of aliphatic hydroxyl groups is 1. The minimum absolute atomic E-state index is 0.0800. The van der Waals surface area contributed by atoms with Gasteiger partial charge in [0.05, 0.1) is 11.3 Å². The van der Waals surface area contributed by atoms with Crippen LogP contribution in [-0.4, -0.2) is 16.8 Å². The first-order chi connectivity index (χ1) is 9.42. The van der Waals surface area contributed by atoms with Crippen molar-refractivity contribution in [2.75, 3.05) is 6.54 Å². The number of benzene rings is 1. The lowest BCUT2D eigenvalue weighted by Gasteiger charge is -2.26. The number of nitrogens with zero attached hydrogens (tertiary/aromatic N) is 1. The van der Waals surface area contributed by atoms with Crippen LogP contribution in [0.25, 0.3) is 0 Å². The molecule has 2 aromatic rings. The van der Waals surface area contributed by atoms with Gasteiger partial charge < -0.3 is 14.9 Å². The van der Waals surface area contributed by atoms with E-state index in [9.17, 15) is 5.11 Å². The summed E-state index contributed by atoms with van der Waals surface area (Å²) in [6.45, 7) is 8.16. The second-order valence-electron chi connectivity index (χ2n) is 5.48. The molecule has 0 saturated heterocycles. The van der Waals surface area contributed by atoms with Crippen LogP contribution >= 0.6 is 0 Å². The third-order valence-corrected chi connectivity index (χ3v) is 3.67. The van der Waals surface area contributed by atoms with Crippen molar-refractivity contribution >= 4 is 0 Å². The zero-order valence-electron chi connectivity index (χ0n) is 12.5. The van der Waals surface area contributed by atoms with Crippen LogP contribution in [-0.2, 0) is 5.60 Å². The summed E-state index contributed by atoms with van der Waals surface area (Å²) in [7, 11) is 0. The lowest BCUT2D eigenvalue weighted by Crippen LogP contribution is -2.36. The van der Waals surface area contributed by atoms with Crippen LogP contribution in [0, 0.1) is 13.8 Å². The van der Waals surface area contributed by atoms with E-state index in [0.717, 1.165) is 22.6 Å². The molecular formula is C16H22N2O2. The van der Waals surface area contributed by atoms with E-state index in [1.807, 2.05) is 58.0 Å². The Bertz CT molecular complexity index is 542. The van der Waals surface area contributed by atoms with Crippen molar-refractivity contribution in [2.45, 2.75) is 39.3 Å². The van der Waals surface area contributed by atoms with Gasteiger partial charge in [-0.05, 0) is 33.3 Å². The van der Waals surface area contributed by atoms with Crippen LogP contribution in [0.1, 0.15) is 42.5 Å². The Balaban J connectivity index is 2.05. The molecule has 2 N–H and O–H groups in total. The van der Waals surface area contributed by atoms with Gasteiger partial charge in [0, 0.05) is 18.2 Å². The predicted octanol–water partition coefficient (Wildman–Crippen LogP) is 2.85. The van der Waals surface area contributed by atoms with Gasteiger partial charge in [-0.1, -0.05) is 35.5 Å². The summed E-state index contributed by atoms with van der Waals surface area (Å²) in [4.78, 5) is 0. The molecule has 1 aromatic carbocycles. The summed E-state index contributed by atoms with van der Waals surface area (Å²) in [6.07, 6.45) is 0. The first-order valence-corrected chi connectivity index (χ1v) is 6.86. The molecule has 20 heavy (non-hydrogen) atoms. The summed E-state index contributed by atoms with van der Waals surface area (Å²) in [5, 5.41) is 17.9.